The number of aromatic nitrogens is 2. The lowest BCUT2D eigenvalue weighted by atomic mass is 10.2. The zero-order valence-corrected chi connectivity index (χ0v) is 10.2. The Labute approximate surface area is 104 Å². The molecule has 0 saturated carbocycles. The van der Waals surface area contributed by atoms with Crippen LogP contribution in [0.3, 0.4) is 0 Å². The van der Waals surface area contributed by atoms with Gasteiger partial charge in [0.1, 0.15) is 10.7 Å². The Morgan fingerprint density at radius 3 is 2.83 bits per heavy atom. The monoisotopic (exact) mass is 250 g/mol. The second-order valence-electron chi connectivity index (χ2n) is 3.98. The molecular weight excluding hydrogens is 236 g/mol. The van der Waals surface area contributed by atoms with Crippen LogP contribution in [-0.4, -0.2) is 14.7 Å². The Bertz CT molecular complexity index is 558. The zero-order chi connectivity index (χ0) is 13.1. The van der Waals surface area contributed by atoms with E-state index in [1.807, 2.05) is 14.0 Å². The molecule has 0 amide bonds. The molecule has 7 heteroatoms. The van der Waals surface area contributed by atoms with Gasteiger partial charge < -0.3 is 9.73 Å². The van der Waals surface area contributed by atoms with Crippen molar-refractivity contribution in [2.75, 3.05) is 0 Å². The van der Waals surface area contributed by atoms with Gasteiger partial charge in [0.2, 0.25) is 0 Å². The molecule has 7 nitrogen and oxygen atoms in total. The quantitative estimate of drug-likeness (QED) is 0.642. The number of nitro groups is 1. The first kappa shape index (κ1) is 12.3. The van der Waals surface area contributed by atoms with E-state index in [2.05, 4.69) is 10.4 Å². The Morgan fingerprint density at radius 2 is 2.28 bits per heavy atom. The van der Waals surface area contributed by atoms with Crippen molar-refractivity contribution in [1.82, 2.24) is 15.1 Å². The van der Waals surface area contributed by atoms with Gasteiger partial charge in [-0.1, -0.05) is 0 Å². The number of aryl methyl sites for hydroxylation is 1. The molecule has 18 heavy (non-hydrogen) atoms. The first-order valence-corrected chi connectivity index (χ1v) is 5.49. The largest absolute Gasteiger partial charge is 0.433 e. The lowest BCUT2D eigenvalue weighted by molar-refractivity contribution is -0.402. The van der Waals surface area contributed by atoms with Crippen LogP contribution in [0.25, 0.3) is 0 Å². The minimum atomic E-state index is -0.547. The SMILES string of the molecule is Cc1c(CNCc2ccc([N+](=O)[O-])o2)cnn1C. The summed E-state index contributed by atoms with van der Waals surface area (Å²) in [4.78, 5) is 9.89. The highest BCUT2D eigenvalue weighted by Gasteiger charge is 2.11. The molecule has 0 saturated heterocycles. The normalized spacial score (nSPS) is 10.8. The highest BCUT2D eigenvalue weighted by atomic mass is 16.6. The van der Waals surface area contributed by atoms with E-state index in [1.165, 1.54) is 6.07 Å². The number of rotatable bonds is 5. The molecule has 0 bridgehead atoms. The lowest BCUT2D eigenvalue weighted by Crippen LogP contribution is -2.12. The van der Waals surface area contributed by atoms with Gasteiger partial charge in [-0.15, -0.1) is 0 Å². The van der Waals surface area contributed by atoms with Gasteiger partial charge in [-0.25, -0.2) is 0 Å². The minimum Gasteiger partial charge on any atom is -0.404 e. The van der Waals surface area contributed by atoms with Crippen LogP contribution in [0.4, 0.5) is 5.88 Å². The first-order chi connectivity index (χ1) is 8.58. The van der Waals surface area contributed by atoms with E-state index in [0.717, 1.165) is 11.3 Å². The molecule has 0 spiro atoms. The fourth-order valence-corrected chi connectivity index (χ4v) is 1.60. The lowest BCUT2D eigenvalue weighted by Gasteiger charge is -2.02. The summed E-state index contributed by atoms with van der Waals surface area (Å²) in [5, 5.41) is 17.7. The third-order valence-electron chi connectivity index (χ3n) is 2.78. The Balaban J connectivity index is 1.88. The van der Waals surface area contributed by atoms with Crippen LogP contribution in [0, 0.1) is 17.0 Å². The topological polar surface area (TPSA) is 86.1 Å². The summed E-state index contributed by atoms with van der Waals surface area (Å²) in [5.74, 6) is 0.313. The van der Waals surface area contributed by atoms with Crippen LogP contribution in [-0.2, 0) is 20.1 Å². The molecule has 0 fully saturated rings. The zero-order valence-electron chi connectivity index (χ0n) is 10.2. The van der Waals surface area contributed by atoms with Crippen molar-refractivity contribution in [1.29, 1.82) is 0 Å². The van der Waals surface area contributed by atoms with Gasteiger partial charge in [0.15, 0.2) is 0 Å². The molecule has 0 aliphatic carbocycles. The van der Waals surface area contributed by atoms with Crippen molar-refractivity contribution in [2.24, 2.45) is 7.05 Å². The van der Waals surface area contributed by atoms with Gasteiger partial charge in [-0.3, -0.25) is 14.8 Å². The van der Waals surface area contributed by atoms with Gasteiger partial charge in [-0.05, 0) is 13.0 Å². The van der Waals surface area contributed by atoms with Crippen LogP contribution >= 0.6 is 0 Å². The van der Waals surface area contributed by atoms with Crippen molar-refractivity contribution in [3.05, 3.63) is 45.5 Å². The molecule has 2 aromatic rings. The second-order valence-corrected chi connectivity index (χ2v) is 3.98. The third-order valence-corrected chi connectivity index (χ3v) is 2.78. The summed E-state index contributed by atoms with van der Waals surface area (Å²) in [6, 6.07) is 2.95. The maximum Gasteiger partial charge on any atom is 0.433 e. The molecule has 96 valence electrons. The molecule has 0 atom stereocenters. The number of hydrogen-bond acceptors (Lipinski definition) is 5. The second kappa shape index (κ2) is 5.01. The Morgan fingerprint density at radius 1 is 1.50 bits per heavy atom. The summed E-state index contributed by atoms with van der Waals surface area (Å²) in [5.41, 5.74) is 2.19. The van der Waals surface area contributed by atoms with Crippen molar-refractivity contribution < 1.29 is 9.34 Å². The van der Waals surface area contributed by atoms with Gasteiger partial charge in [0, 0.05) is 24.8 Å². The summed E-state index contributed by atoms with van der Waals surface area (Å²) in [6.45, 7) is 3.08. The van der Waals surface area contributed by atoms with Gasteiger partial charge in [0.05, 0.1) is 18.8 Å². The number of hydrogen-bond donors (Lipinski definition) is 1. The predicted octanol–water partition coefficient (Wildman–Crippen LogP) is 1.52. The van der Waals surface area contributed by atoms with Crippen molar-refractivity contribution >= 4 is 5.88 Å². The molecule has 0 aromatic carbocycles. The Kier molecular flexibility index (Phi) is 3.42. The van der Waals surface area contributed by atoms with Crippen LogP contribution in [0.5, 0.6) is 0 Å². The van der Waals surface area contributed by atoms with E-state index in [4.69, 9.17) is 4.42 Å². The minimum absolute atomic E-state index is 0.232. The fraction of sp³-hybridized carbons (Fsp3) is 0.364. The van der Waals surface area contributed by atoms with Gasteiger partial charge in [0.25, 0.3) is 0 Å². The van der Waals surface area contributed by atoms with E-state index < -0.39 is 4.92 Å². The molecule has 1 N–H and O–H groups in total. The van der Waals surface area contributed by atoms with E-state index in [0.29, 0.717) is 18.8 Å². The fourth-order valence-electron chi connectivity index (χ4n) is 1.60. The molecule has 2 aromatic heterocycles. The predicted molar refractivity (Wildman–Crippen MR) is 63.9 cm³/mol. The summed E-state index contributed by atoms with van der Waals surface area (Å²) in [6.07, 6.45) is 1.80. The summed E-state index contributed by atoms with van der Waals surface area (Å²) >= 11 is 0. The van der Waals surface area contributed by atoms with E-state index in [-0.39, 0.29) is 5.88 Å². The maximum absolute atomic E-state index is 10.4. The molecule has 2 rings (SSSR count). The Hall–Kier alpha value is -2.15. The van der Waals surface area contributed by atoms with Crippen LogP contribution in [0.2, 0.25) is 0 Å². The highest BCUT2D eigenvalue weighted by Crippen LogP contribution is 2.15. The van der Waals surface area contributed by atoms with Crippen molar-refractivity contribution in [3.8, 4) is 0 Å². The summed E-state index contributed by atoms with van der Waals surface area (Å²) in [7, 11) is 1.88. The molecule has 2 heterocycles. The maximum atomic E-state index is 10.4. The molecular formula is C11H14N4O3. The molecule has 0 aliphatic heterocycles. The van der Waals surface area contributed by atoms with Crippen molar-refractivity contribution in [3.63, 3.8) is 0 Å². The smallest absolute Gasteiger partial charge is 0.404 e. The standard InChI is InChI=1S/C11H14N4O3/c1-8-9(6-13-14(8)2)5-12-7-10-3-4-11(18-10)15(16)17/h3-4,6,12H,5,7H2,1-2H3. The van der Waals surface area contributed by atoms with E-state index >= 15 is 0 Å². The van der Waals surface area contributed by atoms with Gasteiger partial charge >= 0.3 is 5.88 Å². The van der Waals surface area contributed by atoms with Gasteiger partial charge in [-0.2, -0.15) is 5.10 Å². The molecule has 0 radical (unpaired) electrons. The highest BCUT2D eigenvalue weighted by molar-refractivity contribution is 5.18. The number of nitrogens with one attached hydrogen (secondary N) is 1. The first-order valence-electron chi connectivity index (χ1n) is 5.49. The summed E-state index contributed by atoms with van der Waals surface area (Å²) < 4.78 is 6.84. The van der Waals surface area contributed by atoms with Crippen LogP contribution < -0.4 is 5.32 Å². The molecule has 0 unspecified atom stereocenters. The average molecular weight is 250 g/mol. The average Bonchev–Trinajstić information content (AvgIpc) is 2.91. The third kappa shape index (κ3) is 2.57. The molecule has 0 aliphatic rings. The van der Waals surface area contributed by atoms with E-state index in [1.54, 1.807) is 16.9 Å². The van der Waals surface area contributed by atoms with Crippen molar-refractivity contribution in [2.45, 2.75) is 20.0 Å². The van der Waals surface area contributed by atoms with Crippen LogP contribution in [0.15, 0.2) is 22.7 Å². The number of furan rings is 1. The van der Waals surface area contributed by atoms with E-state index in [9.17, 15) is 10.1 Å². The van der Waals surface area contributed by atoms with Crippen LogP contribution in [0.1, 0.15) is 17.0 Å². The number of nitrogens with zero attached hydrogens (tertiary/aromatic N) is 3.